The number of fused-ring (bicyclic) bond motifs is 1. The van der Waals surface area contributed by atoms with Crippen LogP contribution < -0.4 is 5.32 Å². The minimum Gasteiger partial charge on any atom is -0.337 e. The molecule has 2 fully saturated rings. The Bertz CT molecular complexity index is 785. The van der Waals surface area contributed by atoms with Crippen LogP contribution in [0.3, 0.4) is 0 Å². The van der Waals surface area contributed by atoms with Gasteiger partial charge in [-0.25, -0.2) is 14.8 Å². The molecule has 1 N–H and O–H groups in total. The number of hydrogen-bond donors (Lipinski definition) is 1. The molecule has 2 heterocycles. The molecule has 0 spiro atoms. The molecule has 0 unspecified atom stereocenters. The van der Waals surface area contributed by atoms with Gasteiger partial charge in [0.15, 0.2) is 0 Å². The Labute approximate surface area is 185 Å². The lowest BCUT2D eigenvalue weighted by molar-refractivity contribution is -0.187. The van der Waals surface area contributed by atoms with E-state index in [-0.39, 0.29) is 24.4 Å². The van der Waals surface area contributed by atoms with Crippen molar-refractivity contribution < 1.29 is 14.4 Å². The van der Waals surface area contributed by atoms with Crippen LogP contribution in [0.5, 0.6) is 0 Å². The molecule has 8 nitrogen and oxygen atoms in total. The van der Waals surface area contributed by atoms with E-state index in [2.05, 4.69) is 19.2 Å². The monoisotopic (exact) mass is 429 g/mol. The number of benzene rings is 1. The van der Waals surface area contributed by atoms with E-state index in [0.717, 1.165) is 18.4 Å². The van der Waals surface area contributed by atoms with Crippen LogP contribution in [0.15, 0.2) is 30.3 Å². The number of hydrogen-bond acceptors (Lipinski definition) is 4. The molecule has 2 atom stereocenters. The molecular formula is C23H35N5O3. The fourth-order valence-electron chi connectivity index (χ4n) is 4.33. The van der Waals surface area contributed by atoms with Gasteiger partial charge in [0.1, 0.15) is 12.2 Å². The second-order valence-corrected chi connectivity index (χ2v) is 8.86. The van der Waals surface area contributed by atoms with Crippen LogP contribution in [-0.4, -0.2) is 76.6 Å². The molecule has 8 heteroatoms. The first kappa shape index (κ1) is 23.1. The molecule has 0 radical (unpaired) electrons. The number of hydrazine groups is 1. The van der Waals surface area contributed by atoms with Crippen molar-refractivity contribution in [3.8, 4) is 0 Å². The van der Waals surface area contributed by atoms with Crippen molar-refractivity contribution >= 4 is 17.8 Å². The SMILES string of the molecule is CCC[C@H]1C(=O)N(CCC(C)C)C[C@H]2N1C(=O)CN(C)N2C(=O)NCc1ccccc1. The summed E-state index contributed by atoms with van der Waals surface area (Å²) in [5.41, 5.74) is 1.00. The average molecular weight is 430 g/mol. The van der Waals surface area contributed by atoms with Gasteiger partial charge >= 0.3 is 6.03 Å². The molecule has 0 bridgehead atoms. The van der Waals surface area contributed by atoms with Crippen LogP contribution in [0.2, 0.25) is 0 Å². The molecule has 2 aliphatic heterocycles. The zero-order chi connectivity index (χ0) is 22.5. The summed E-state index contributed by atoms with van der Waals surface area (Å²) in [6, 6.07) is 8.95. The smallest absolute Gasteiger partial charge is 0.334 e. The van der Waals surface area contributed by atoms with Gasteiger partial charge < -0.3 is 15.1 Å². The number of likely N-dealkylation sites (N-methyl/N-ethyl adjacent to an activating group) is 1. The minimum absolute atomic E-state index is 0.00120. The lowest BCUT2D eigenvalue weighted by atomic mass is 10.0. The van der Waals surface area contributed by atoms with E-state index in [1.165, 1.54) is 0 Å². The molecule has 1 aromatic carbocycles. The van der Waals surface area contributed by atoms with Crippen molar-refractivity contribution in [2.75, 3.05) is 26.7 Å². The van der Waals surface area contributed by atoms with E-state index < -0.39 is 12.2 Å². The number of carbonyl (C=O) groups is 3. The van der Waals surface area contributed by atoms with Crippen LogP contribution in [0.1, 0.15) is 45.6 Å². The van der Waals surface area contributed by atoms with Gasteiger partial charge in [0.25, 0.3) is 0 Å². The Morgan fingerprint density at radius 3 is 2.55 bits per heavy atom. The van der Waals surface area contributed by atoms with E-state index in [1.807, 2.05) is 42.2 Å². The molecule has 4 amide bonds. The van der Waals surface area contributed by atoms with Gasteiger partial charge in [0, 0.05) is 20.1 Å². The normalized spacial score (nSPS) is 22.2. The number of rotatable bonds is 7. The van der Waals surface area contributed by atoms with Crippen molar-refractivity contribution in [2.24, 2.45) is 5.92 Å². The van der Waals surface area contributed by atoms with Gasteiger partial charge in [-0.1, -0.05) is 57.5 Å². The van der Waals surface area contributed by atoms with E-state index in [9.17, 15) is 14.4 Å². The summed E-state index contributed by atoms with van der Waals surface area (Å²) in [5, 5.41) is 6.26. The number of urea groups is 1. The number of carbonyl (C=O) groups excluding carboxylic acids is 3. The second kappa shape index (κ2) is 10.1. The molecule has 2 aliphatic rings. The first-order valence-electron chi connectivity index (χ1n) is 11.3. The van der Waals surface area contributed by atoms with Gasteiger partial charge in [-0.2, -0.15) is 0 Å². The summed E-state index contributed by atoms with van der Waals surface area (Å²) in [7, 11) is 1.75. The van der Waals surface area contributed by atoms with Gasteiger partial charge in [0.2, 0.25) is 11.8 Å². The Kier molecular flexibility index (Phi) is 7.54. The predicted octanol–water partition coefficient (Wildman–Crippen LogP) is 2.27. The van der Waals surface area contributed by atoms with Crippen molar-refractivity contribution in [3.05, 3.63) is 35.9 Å². The summed E-state index contributed by atoms with van der Waals surface area (Å²) in [5.74, 6) is 0.368. The Balaban J connectivity index is 1.82. The highest BCUT2D eigenvalue weighted by molar-refractivity contribution is 5.91. The van der Waals surface area contributed by atoms with Crippen LogP contribution in [-0.2, 0) is 16.1 Å². The lowest BCUT2D eigenvalue weighted by Crippen LogP contribution is -2.76. The zero-order valence-electron chi connectivity index (χ0n) is 19.1. The van der Waals surface area contributed by atoms with E-state index in [4.69, 9.17) is 0 Å². The van der Waals surface area contributed by atoms with E-state index in [1.54, 1.807) is 22.0 Å². The van der Waals surface area contributed by atoms with Crippen molar-refractivity contribution in [1.29, 1.82) is 0 Å². The summed E-state index contributed by atoms with van der Waals surface area (Å²) >= 11 is 0. The molecule has 170 valence electrons. The van der Waals surface area contributed by atoms with Crippen LogP contribution >= 0.6 is 0 Å². The highest BCUT2D eigenvalue weighted by Gasteiger charge is 2.50. The predicted molar refractivity (Wildman–Crippen MR) is 119 cm³/mol. The standard InChI is InChI=1S/C23H35N5O3/c1-5-9-19-22(30)26(13-12-17(2)3)15-20-27(19)21(29)16-25(4)28(20)23(31)24-14-18-10-7-6-8-11-18/h6-8,10-11,17,19-20H,5,9,12-16H2,1-4H3,(H,24,31)/t19-,20-/m0/s1. The quantitative estimate of drug-likeness (QED) is 0.721. The fourth-order valence-corrected chi connectivity index (χ4v) is 4.33. The maximum absolute atomic E-state index is 13.2. The topological polar surface area (TPSA) is 76.2 Å². The summed E-state index contributed by atoms with van der Waals surface area (Å²) in [6.45, 7) is 7.73. The maximum atomic E-state index is 13.2. The number of nitrogens with zero attached hydrogens (tertiary/aromatic N) is 4. The molecular weight excluding hydrogens is 394 g/mol. The van der Waals surface area contributed by atoms with Crippen LogP contribution in [0.4, 0.5) is 4.79 Å². The maximum Gasteiger partial charge on any atom is 0.334 e. The van der Waals surface area contributed by atoms with Crippen molar-refractivity contribution in [1.82, 2.24) is 25.1 Å². The third-order valence-corrected chi connectivity index (χ3v) is 5.97. The largest absolute Gasteiger partial charge is 0.337 e. The second-order valence-electron chi connectivity index (χ2n) is 8.86. The van der Waals surface area contributed by atoms with Crippen LogP contribution in [0, 0.1) is 5.92 Å². The molecule has 0 aliphatic carbocycles. The third-order valence-electron chi connectivity index (χ3n) is 5.97. The first-order chi connectivity index (χ1) is 14.8. The molecule has 0 saturated carbocycles. The summed E-state index contributed by atoms with van der Waals surface area (Å²) < 4.78 is 0. The Hall–Kier alpha value is -2.61. The number of piperazine rings is 1. The highest BCUT2D eigenvalue weighted by atomic mass is 16.2. The molecule has 0 aromatic heterocycles. The molecule has 31 heavy (non-hydrogen) atoms. The van der Waals surface area contributed by atoms with Gasteiger partial charge in [-0.15, -0.1) is 0 Å². The lowest BCUT2D eigenvalue weighted by Gasteiger charge is -2.54. The summed E-state index contributed by atoms with van der Waals surface area (Å²) in [4.78, 5) is 42.8. The molecule has 1 aromatic rings. The fraction of sp³-hybridized carbons (Fsp3) is 0.609. The third kappa shape index (κ3) is 5.18. The Morgan fingerprint density at radius 2 is 1.90 bits per heavy atom. The van der Waals surface area contributed by atoms with E-state index >= 15 is 0 Å². The average Bonchev–Trinajstić information content (AvgIpc) is 2.73. The highest BCUT2D eigenvalue weighted by Crippen LogP contribution is 2.28. The summed E-state index contributed by atoms with van der Waals surface area (Å²) in [6.07, 6.45) is 1.79. The van der Waals surface area contributed by atoms with Crippen LogP contribution in [0.25, 0.3) is 0 Å². The van der Waals surface area contributed by atoms with Crippen molar-refractivity contribution in [3.63, 3.8) is 0 Å². The Morgan fingerprint density at radius 1 is 1.19 bits per heavy atom. The zero-order valence-corrected chi connectivity index (χ0v) is 19.1. The minimum atomic E-state index is -0.512. The van der Waals surface area contributed by atoms with Gasteiger partial charge in [-0.05, 0) is 24.3 Å². The van der Waals surface area contributed by atoms with Gasteiger partial charge in [0.05, 0.1) is 13.1 Å². The molecule has 3 rings (SSSR count). The first-order valence-corrected chi connectivity index (χ1v) is 11.3. The van der Waals surface area contributed by atoms with Gasteiger partial charge in [-0.3, -0.25) is 9.59 Å². The molecule has 2 saturated heterocycles. The number of nitrogens with one attached hydrogen (secondary N) is 1. The van der Waals surface area contributed by atoms with Crippen molar-refractivity contribution in [2.45, 2.75) is 58.8 Å². The number of amides is 4. The van der Waals surface area contributed by atoms with E-state index in [0.29, 0.717) is 32.0 Å².